The first-order valence-corrected chi connectivity index (χ1v) is 7.68. The van der Waals surface area contributed by atoms with Crippen LogP contribution in [0.3, 0.4) is 0 Å². The highest BCUT2D eigenvalue weighted by Gasteiger charge is 2.20. The SMILES string of the molecule is COc1ccc2c(c1)CCCC2Nc1ccc(C)c(C)c1. The second-order valence-electron chi connectivity index (χ2n) is 5.95. The molecule has 0 bridgehead atoms. The Bertz CT molecular complexity index is 648. The van der Waals surface area contributed by atoms with Gasteiger partial charge in [-0.05, 0) is 79.6 Å². The summed E-state index contributed by atoms with van der Waals surface area (Å²) in [5, 5.41) is 3.70. The van der Waals surface area contributed by atoms with Crippen molar-refractivity contribution < 1.29 is 4.74 Å². The minimum atomic E-state index is 0.404. The summed E-state index contributed by atoms with van der Waals surface area (Å²) in [7, 11) is 1.73. The fourth-order valence-corrected chi connectivity index (χ4v) is 3.10. The molecular weight excluding hydrogens is 258 g/mol. The average Bonchev–Trinajstić information content (AvgIpc) is 2.50. The predicted molar refractivity (Wildman–Crippen MR) is 88.2 cm³/mol. The van der Waals surface area contributed by atoms with Gasteiger partial charge in [-0.1, -0.05) is 12.1 Å². The van der Waals surface area contributed by atoms with E-state index < -0.39 is 0 Å². The first-order chi connectivity index (χ1) is 10.2. The zero-order valence-electron chi connectivity index (χ0n) is 13.1. The van der Waals surface area contributed by atoms with Crippen LogP contribution in [0.2, 0.25) is 0 Å². The lowest BCUT2D eigenvalue weighted by Gasteiger charge is -2.28. The van der Waals surface area contributed by atoms with Crippen molar-refractivity contribution in [2.75, 3.05) is 12.4 Å². The lowest BCUT2D eigenvalue weighted by molar-refractivity contribution is 0.413. The molecule has 2 aromatic rings. The zero-order valence-corrected chi connectivity index (χ0v) is 13.1. The van der Waals surface area contributed by atoms with Crippen LogP contribution in [0.15, 0.2) is 36.4 Å². The van der Waals surface area contributed by atoms with E-state index in [0.717, 1.165) is 12.2 Å². The average molecular weight is 281 g/mol. The molecule has 1 aliphatic carbocycles. The first-order valence-electron chi connectivity index (χ1n) is 7.68. The van der Waals surface area contributed by atoms with Crippen molar-refractivity contribution in [3.63, 3.8) is 0 Å². The maximum Gasteiger partial charge on any atom is 0.119 e. The highest BCUT2D eigenvalue weighted by Crippen LogP contribution is 2.34. The number of hydrogen-bond donors (Lipinski definition) is 1. The molecule has 0 radical (unpaired) electrons. The van der Waals surface area contributed by atoms with Crippen LogP contribution in [0.4, 0.5) is 5.69 Å². The van der Waals surface area contributed by atoms with E-state index in [4.69, 9.17) is 4.74 Å². The number of aryl methyl sites for hydroxylation is 3. The van der Waals surface area contributed by atoms with Gasteiger partial charge in [-0.15, -0.1) is 0 Å². The van der Waals surface area contributed by atoms with Crippen LogP contribution in [0.1, 0.15) is 41.1 Å². The predicted octanol–water partition coefficient (Wildman–Crippen LogP) is 4.80. The van der Waals surface area contributed by atoms with Crippen molar-refractivity contribution in [2.45, 2.75) is 39.2 Å². The van der Waals surface area contributed by atoms with Crippen molar-refractivity contribution in [1.82, 2.24) is 0 Å². The number of methoxy groups -OCH3 is 1. The van der Waals surface area contributed by atoms with Gasteiger partial charge >= 0.3 is 0 Å². The molecule has 2 nitrogen and oxygen atoms in total. The van der Waals surface area contributed by atoms with Crippen LogP contribution >= 0.6 is 0 Å². The number of ether oxygens (including phenoxy) is 1. The van der Waals surface area contributed by atoms with Crippen molar-refractivity contribution in [1.29, 1.82) is 0 Å². The fraction of sp³-hybridized carbons (Fsp3) is 0.368. The number of hydrogen-bond acceptors (Lipinski definition) is 2. The summed E-state index contributed by atoms with van der Waals surface area (Å²) in [4.78, 5) is 0. The van der Waals surface area contributed by atoms with Crippen molar-refractivity contribution in [2.24, 2.45) is 0 Å². The van der Waals surface area contributed by atoms with E-state index >= 15 is 0 Å². The van der Waals surface area contributed by atoms with Gasteiger partial charge in [0.05, 0.1) is 13.2 Å². The van der Waals surface area contributed by atoms with Gasteiger partial charge in [0, 0.05) is 5.69 Å². The van der Waals surface area contributed by atoms with Crippen LogP contribution in [-0.4, -0.2) is 7.11 Å². The molecule has 0 saturated carbocycles. The molecule has 2 heteroatoms. The van der Waals surface area contributed by atoms with Crippen LogP contribution < -0.4 is 10.1 Å². The van der Waals surface area contributed by atoms with Gasteiger partial charge in [-0.2, -0.15) is 0 Å². The van der Waals surface area contributed by atoms with Gasteiger partial charge in [0.25, 0.3) is 0 Å². The molecule has 110 valence electrons. The molecule has 0 fully saturated rings. The largest absolute Gasteiger partial charge is 0.497 e. The summed E-state index contributed by atoms with van der Waals surface area (Å²) in [6.07, 6.45) is 3.56. The highest BCUT2D eigenvalue weighted by atomic mass is 16.5. The summed E-state index contributed by atoms with van der Waals surface area (Å²) in [6.45, 7) is 4.32. The molecule has 0 aromatic heterocycles. The quantitative estimate of drug-likeness (QED) is 0.872. The van der Waals surface area contributed by atoms with Crippen LogP contribution in [0.25, 0.3) is 0 Å². The van der Waals surface area contributed by atoms with E-state index in [1.54, 1.807) is 7.11 Å². The van der Waals surface area contributed by atoms with Crippen LogP contribution in [0.5, 0.6) is 5.75 Å². The third-order valence-corrected chi connectivity index (χ3v) is 4.51. The normalized spacial score (nSPS) is 17.2. The smallest absolute Gasteiger partial charge is 0.119 e. The van der Waals surface area contributed by atoms with Crippen molar-refractivity contribution in [3.8, 4) is 5.75 Å². The van der Waals surface area contributed by atoms with Crippen molar-refractivity contribution >= 4 is 5.69 Å². The summed E-state index contributed by atoms with van der Waals surface area (Å²) in [5.74, 6) is 0.959. The Morgan fingerprint density at radius 2 is 1.90 bits per heavy atom. The minimum absolute atomic E-state index is 0.404. The third kappa shape index (κ3) is 2.90. The Kier molecular flexibility index (Phi) is 3.87. The van der Waals surface area contributed by atoms with Crippen LogP contribution in [0, 0.1) is 13.8 Å². The molecular formula is C19H23NO. The number of nitrogens with one attached hydrogen (secondary N) is 1. The topological polar surface area (TPSA) is 21.3 Å². The molecule has 0 heterocycles. The van der Waals surface area contributed by atoms with E-state index in [2.05, 4.69) is 55.6 Å². The second-order valence-corrected chi connectivity index (χ2v) is 5.95. The highest BCUT2D eigenvalue weighted by molar-refractivity contribution is 5.51. The summed E-state index contributed by atoms with van der Waals surface area (Å²) < 4.78 is 5.34. The van der Waals surface area contributed by atoms with Gasteiger partial charge in [-0.3, -0.25) is 0 Å². The lowest BCUT2D eigenvalue weighted by Crippen LogP contribution is -2.17. The Labute approximate surface area is 127 Å². The molecule has 1 atom stereocenters. The monoisotopic (exact) mass is 281 g/mol. The molecule has 1 unspecified atom stereocenters. The fourth-order valence-electron chi connectivity index (χ4n) is 3.10. The Morgan fingerprint density at radius 3 is 2.67 bits per heavy atom. The molecule has 3 rings (SSSR count). The molecule has 0 aliphatic heterocycles. The third-order valence-electron chi connectivity index (χ3n) is 4.51. The molecule has 1 aliphatic rings. The number of benzene rings is 2. The maximum absolute atomic E-state index is 5.34. The minimum Gasteiger partial charge on any atom is -0.497 e. The molecule has 0 saturated heterocycles. The molecule has 21 heavy (non-hydrogen) atoms. The van der Waals surface area contributed by atoms with E-state index in [-0.39, 0.29) is 0 Å². The van der Waals surface area contributed by atoms with Crippen molar-refractivity contribution in [3.05, 3.63) is 58.7 Å². The molecule has 0 spiro atoms. The van der Waals surface area contributed by atoms with E-state index in [1.165, 1.54) is 40.8 Å². The molecule has 0 amide bonds. The van der Waals surface area contributed by atoms with Gasteiger partial charge in [-0.25, -0.2) is 0 Å². The Morgan fingerprint density at radius 1 is 1.05 bits per heavy atom. The second kappa shape index (κ2) is 5.80. The molecule has 2 aromatic carbocycles. The van der Waals surface area contributed by atoms with E-state index in [0.29, 0.717) is 6.04 Å². The first kappa shape index (κ1) is 14.0. The summed E-state index contributed by atoms with van der Waals surface area (Å²) >= 11 is 0. The van der Waals surface area contributed by atoms with E-state index in [9.17, 15) is 0 Å². The zero-order chi connectivity index (χ0) is 14.8. The van der Waals surface area contributed by atoms with Gasteiger partial charge in [0.2, 0.25) is 0 Å². The number of rotatable bonds is 3. The van der Waals surface area contributed by atoms with Gasteiger partial charge in [0.1, 0.15) is 5.75 Å². The van der Waals surface area contributed by atoms with Gasteiger partial charge in [0.15, 0.2) is 0 Å². The maximum atomic E-state index is 5.34. The lowest BCUT2D eigenvalue weighted by atomic mass is 9.87. The number of fused-ring (bicyclic) bond motifs is 1. The van der Waals surface area contributed by atoms with Gasteiger partial charge < -0.3 is 10.1 Å². The summed E-state index contributed by atoms with van der Waals surface area (Å²) in [6, 6.07) is 13.5. The van der Waals surface area contributed by atoms with Crippen LogP contribution in [-0.2, 0) is 6.42 Å². The standard InChI is InChI=1S/C19H23NO/c1-13-7-8-16(11-14(13)2)20-19-6-4-5-15-12-17(21-3)9-10-18(15)19/h7-12,19-20H,4-6H2,1-3H3. The number of anilines is 1. The summed E-state index contributed by atoms with van der Waals surface area (Å²) in [5.41, 5.74) is 6.73. The van der Waals surface area contributed by atoms with E-state index in [1.807, 2.05) is 0 Å². The Hall–Kier alpha value is -1.96. The Balaban J connectivity index is 1.86. The molecule has 1 N–H and O–H groups in total.